The van der Waals surface area contributed by atoms with E-state index in [1.54, 1.807) is 13.1 Å². The van der Waals surface area contributed by atoms with Gasteiger partial charge in [-0.3, -0.25) is 0 Å². The van der Waals surface area contributed by atoms with Crippen LogP contribution >= 0.6 is 0 Å². The number of azo groups is 1. The van der Waals surface area contributed by atoms with E-state index in [0.29, 0.717) is 5.84 Å². The Morgan fingerprint density at radius 2 is 2.00 bits per heavy atom. The van der Waals surface area contributed by atoms with E-state index >= 15 is 0 Å². The lowest BCUT2D eigenvalue weighted by Crippen LogP contribution is -2.00. The van der Waals surface area contributed by atoms with E-state index in [-0.39, 0.29) is 0 Å². The first-order chi connectivity index (χ1) is 6.81. The van der Waals surface area contributed by atoms with Crippen LogP contribution in [-0.4, -0.2) is 12.9 Å². The third-order valence-corrected chi connectivity index (χ3v) is 1.72. The van der Waals surface area contributed by atoms with Crippen molar-refractivity contribution < 1.29 is 0 Å². The first kappa shape index (κ1) is 10.1. The maximum absolute atomic E-state index is 5.18. The van der Waals surface area contributed by atoms with Crippen molar-refractivity contribution in [2.75, 3.05) is 7.05 Å². The highest BCUT2D eigenvalue weighted by atomic mass is 15.2. The molecule has 0 amide bonds. The average molecular weight is 188 g/mol. The molecular weight excluding hydrogens is 176 g/mol. The lowest BCUT2D eigenvalue weighted by Gasteiger charge is -1.98. The third-order valence-electron chi connectivity index (χ3n) is 1.72. The van der Waals surface area contributed by atoms with Crippen LogP contribution in [0.15, 0.2) is 46.2 Å². The number of benzene rings is 1. The van der Waals surface area contributed by atoms with Gasteiger partial charge < -0.3 is 5.84 Å². The Morgan fingerprint density at radius 1 is 1.36 bits per heavy atom. The van der Waals surface area contributed by atoms with Crippen molar-refractivity contribution in [1.82, 2.24) is 0 Å². The van der Waals surface area contributed by atoms with Gasteiger partial charge in [-0.2, -0.15) is 10.2 Å². The van der Waals surface area contributed by atoms with Gasteiger partial charge in [-0.1, -0.05) is 36.9 Å². The molecule has 0 aliphatic heterocycles. The van der Waals surface area contributed by atoms with Crippen molar-refractivity contribution >= 4 is 11.9 Å². The van der Waals surface area contributed by atoms with Crippen LogP contribution in [-0.2, 0) is 0 Å². The van der Waals surface area contributed by atoms with E-state index < -0.39 is 0 Å². The molecule has 72 valence electrons. The monoisotopic (exact) mass is 188 g/mol. The van der Waals surface area contributed by atoms with Gasteiger partial charge in [0.1, 0.15) is 0 Å². The van der Waals surface area contributed by atoms with Crippen molar-refractivity contribution in [3.05, 3.63) is 42.0 Å². The van der Waals surface area contributed by atoms with Gasteiger partial charge in [0, 0.05) is 12.6 Å². The van der Waals surface area contributed by atoms with Crippen LogP contribution in [0.3, 0.4) is 0 Å². The van der Waals surface area contributed by atoms with Crippen molar-refractivity contribution in [3.63, 3.8) is 0 Å². The maximum atomic E-state index is 5.18. The molecule has 1 aromatic carbocycles. The predicted octanol–water partition coefficient (Wildman–Crippen LogP) is 2.03. The minimum Gasteiger partial charge on any atom is -0.321 e. The molecule has 4 heteroatoms. The summed E-state index contributed by atoms with van der Waals surface area (Å²) in [6, 6.07) is 7.58. The minimum atomic E-state index is 0.420. The average Bonchev–Trinajstić information content (AvgIpc) is 2.26. The fourth-order valence-corrected chi connectivity index (χ4v) is 1.02. The Morgan fingerprint density at radius 3 is 2.43 bits per heavy atom. The predicted molar refractivity (Wildman–Crippen MR) is 58.0 cm³/mol. The van der Waals surface area contributed by atoms with E-state index in [9.17, 15) is 0 Å². The Kier molecular flexibility index (Phi) is 3.55. The molecule has 0 radical (unpaired) electrons. The molecule has 0 unspecified atom stereocenters. The number of hydrogen-bond donors (Lipinski definition) is 1. The summed E-state index contributed by atoms with van der Waals surface area (Å²) < 4.78 is 0. The first-order valence-electron chi connectivity index (χ1n) is 4.12. The fraction of sp³-hybridized carbons (Fsp3) is 0.100. The van der Waals surface area contributed by atoms with Crippen LogP contribution in [0.25, 0.3) is 6.08 Å². The molecule has 4 nitrogen and oxygen atoms in total. The zero-order valence-corrected chi connectivity index (χ0v) is 8.01. The number of nitrogens with two attached hydrogens (primary N) is 1. The summed E-state index contributed by atoms with van der Waals surface area (Å²) in [5, 5.41) is 10.9. The molecule has 1 rings (SSSR count). The highest BCUT2D eigenvalue weighted by molar-refractivity contribution is 5.99. The molecule has 0 heterocycles. The normalized spacial score (nSPS) is 11.9. The van der Waals surface area contributed by atoms with Gasteiger partial charge >= 0.3 is 0 Å². The lowest BCUT2D eigenvalue weighted by molar-refractivity contribution is 1.15. The molecule has 1 aromatic rings. The van der Waals surface area contributed by atoms with Crippen LogP contribution in [0.5, 0.6) is 0 Å². The molecule has 0 atom stereocenters. The number of rotatable bonds is 2. The van der Waals surface area contributed by atoms with Gasteiger partial charge in [-0.05, 0) is 5.56 Å². The van der Waals surface area contributed by atoms with E-state index in [0.717, 1.165) is 11.1 Å². The van der Waals surface area contributed by atoms with Gasteiger partial charge in [0.05, 0.1) is 0 Å². The summed E-state index contributed by atoms with van der Waals surface area (Å²) in [7, 11) is 1.57. The van der Waals surface area contributed by atoms with Crippen molar-refractivity contribution in [2.45, 2.75) is 0 Å². The van der Waals surface area contributed by atoms with Crippen LogP contribution in [0, 0.1) is 0 Å². The standard InChI is InChI=1S/C10H12N4/c1-3-8-4-6-9(7-5-8)10(13-11)14-12-2/h3-7H,1,11H2,2H3. The second-order valence-electron chi connectivity index (χ2n) is 2.58. The molecule has 0 aromatic heterocycles. The molecular formula is C10H12N4. The number of hydrogen-bond acceptors (Lipinski definition) is 3. The van der Waals surface area contributed by atoms with Crippen LogP contribution < -0.4 is 5.84 Å². The highest BCUT2D eigenvalue weighted by Gasteiger charge is 2.00. The summed E-state index contributed by atoms with van der Waals surface area (Å²) in [4.78, 5) is 0. The Bertz CT molecular complexity index is 362. The maximum Gasteiger partial charge on any atom is 0.200 e. The largest absolute Gasteiger partial charge is 0.321 e. The Labute approximate surface area is 82.9 Å². The first-order valence-corrected chi connectivity index (χ1v) is 4.12. The van der Waals surface area contributed by atoms with Gasteiger partial charge in [-0.15, -0.1) is 5.11 Å². The molecule has 0 saturated heterocycles. The minimum absolute atomic E-state index is 0.420. The molecule has 0 aliphatic rings. The molecule has 0 spiro atoms. The van der Waals surface area contributed by atoms with Gasteiger partial charge in [-0.25, -0.2) is 0 Å². The van der Waals surface area contributed by atoms with Crippen LogP contribution in [0.1, 0.15) is 11.1 Å². The van der Waals surface area contributed by atoms with E-state index in [2.05, 4.69) is 21.9 Å². The third kappa shape index (κ3) is 2.26. The fourth-order valence-electron chi connectivity index (χ4n) is 1.02. The smallest absolute Gasteiger partial charge is 0.200 e. The van der Waals surface area contributed by atoms with Crippen LogP contribution in [0.4, 0.5) is 0 Å². The zero-order chi connectivity index (χ0) is 10.4. The second-order valence-corrected chi connectivity index (χ2v) is 2.58. The quantitative estimate of drug-likeness (QED) is 0.249. The molecule has 0 aliphatic carbocycles. The van der Waals surface area contributed by atoms with E-state index in [1.807, 2.05) is 24.3 Å². The topological polar surface area (TPSA) is 63.1 Å². The van der Waals surface area contributed by atoms with Crippen molar-refractivity contribution in [3.8, 4) is 0 Å². The van der Waals surface area contributed by atoms with Crippen molar-refractivity contribution in [2.24, 2.45) is 21.2 Å². The van der Waals surface area contributed by atoms with E-state index in [4.69, 9.17) is 5.84 Å². The summed E-state index contributed by atoms with van der Waals surface area (Å²) in [5.41, 5.74) is 1.88. The Hall–Kier alpha value is -1.97. The van der Waals surface area contributed by atoms with Crippen molar-refractivity contribution in [1.29, 1.82) is 0 Å². The summed E-state index contributed by atoms with van der Waals surface area (Å²) in [5.74, 6) is 5.60. The molecule has 2 N–H and O–H groups in total. The van der Waals surface area contributed by atoms with Gasteiger partial charge in [0.2, 0.25) is 0 Å². The van der Waals surface area contributed by atoms with Gasteiger partial charge in [0.15, 0.2) is 5.84 Å². The zero-order valence-electron chi connectivity index (χ0n) is 8.01. The lowest BCUT2D eigenvalue weighted by atomic mass is 10.1. The summed E-state index contributed by atoms with van der Waals surface area (Å²) in [6.45, 7) is 3.67. The molecule has 0 bridgehead atoms. The van der Waals surface area contributed by atoms with Crippen LogP contribution in [0.2, 0.25) is 0 Å². The summed E-state index contributed by atoms with van der Waals surface area (Å²) >= 11 is 0. The molecule has 0 fully saturated rings. The summed E-state index contributed by atoms with van der Waals surface area (Å²) in [6.07, 6.45) is 1.77. The molecule has 0 saturated carbocycles. The van der Waals surface area contributed by atoms with Gasteiger partial charge in [0.25, 0.3) is 0 Å². The number of hydrazone groups is 1. The number of amidine groups is 1. The molecule has 14 heavy (non-hydrogen) atoms. The Balaban J connectivity index is 3.01. The van der Waals surface area contributed by atoms with E-state index in [1.165, 1.54) is 0 Å². The number of nitrogens with zero attached hydrogens (tertiary/aromatic N) is 3. The second kappa shape index (κ2) is 4.91. The highest BCUT2D eigenvalue weighted by Crippen LogP contribution is 2.07. The SMILES string of the molecule is C=Cc1ccc(C(N=NC)=NN)cc1.